The number of anilines is 2. The van der Waals surface area contributed by atoms with Gasteiger partial charge in [-0.15, -0.1) is 0 Å². The minimum Gasteiger partial charge on any atom is -0.423 e. The third-order valence-corrected chi connectivity index (χ3v) is 4.30. The molecule has 0 amide bonds. The van der Waals surface area contributed by atoms with Gasteiger partial charge in [0.15, 0.2) is 5.58 Å². The van der Waals surface area contributed by atoms with Gasteiger partial charge in [-0.3, -0.25) is 4.98 Å². The van der Waals surface area contributed by atoms with Crippen LogP contribution in [-0.4, -0.2) is 9.97 Å². The maximum absolute atomic E-state index is 5.66. The Balaban J connectivity index is 1.49. The van der Waals surface area contributed by atoms with Gasteiger partial charge in [-0.25, -0.2) is 0 Å². The summed E-state index contributed by atoms with van der Waals surface area (Å²) in [5, 5.41) is 3.19. The first-order valence-electron chi connectivity index (χ1n) is 7.17. The van der Waals surface area contributed by atoms with Gasteiger partial charge >= 0.3 is 0 Å². The van der Waals surface area contributed by atoms with Crippen LogP contribution in [0, 0.1) is 0 Å². The van der Waals surface area contributed by atoms with Crippen LogP contribution in [0.3, 0.4) is 0 Å². The molecule has 0 atom stereocenters. The molecule has 0 aliphatic heterocycles. The predicted molar refractivity (Wildman–Crippen MR) is 92.1 cm³/mol. The molecule has 4 aromatic rings. The Morgan fingerprint density at radius 3 is 2.35 bits per heavy atom. The van der Waals surface area contributed by atoms with Crippen LogP contribution in [-0.2, 0) is 0 Å². The summed E-state index contributed by atoms with van der Waals surface area (Å²) in [6.07, 6.45) is 3.59. The minimum absolute atomic E-state index is 0.501. The Hall–Kier alpha value is -2.79. The quantitative estimate of drug-likeness (QED) is 0.566. The van der Waals surface area contributed by atoms with Crippen LogP contribution in [0.15, 0.2) is 87.3 Å². The maximum atomic E-state index is 5.66. The number of oxazole rings is 1. The normalized spacial score (nSPS) is 10.8. The lowest BCUT2D eigenvalue weighted by atomic mass is 10.3. The summed E-state index contributed by atoms with van der Waals surface area (Å²) in [7, 11) is 0. The molecule has 5 heteroatoms. The summed E-state index contributed by atoms with van der Waals surface area (Å²) in [5.41, 5.74) is 2.57. The van der Waals surface area contributed by atoms with E-state index in [9.17, 15) is 0 Å². The summed E-state index contributed by atoms with van der Waals surface area (Å²) in [5.74, 6) is 0. The first kappa shape index (κ1) is 13.8. The molecule has 0 saturated heterocycles. The summed E-state index contributed by atoms with van der Waals surface area (Å²) < 4.78 is 5.66. The van der Waals surface area contributed by atoms with Crippen molar-refractivity contribution in [2.45, 2.75) is 9.79 Å². The highest BCUT2D eigenvalue weighted by Crippen LogP contribution is 2.29. The second-order valence-corrected chi connectivity index (χ2v) is 6.07. The van der Waals surface area contributed by atoms with E-state index in [1.54, 1.807) is 24.2 Å². The maximum Gasteiger partial charge on any atom is 0.300 e. The van der Waals surface area contributed by atoms with Crippen LogP contribution in [0.2, 0.25) is 0 Å². The van der Waals surface area contributed by atoms with Crippen LogP contribution >= 0.6 is 11.8 Å². The van der Waals surface area contributed by atoms with Gasteiger partial charge in [0.2, 0.25) is 0 Å². The number of para-hydroxylation sites is 2. The van der Waals surface area contributed by atoms with E-state index in [2.05, 4.69) is 27.4 Å². The summed E-state index contributed by atoms with van der Waals surface area (Å²) >= 11 is 1.70. The van der Waals surface area contributed by atoms with E-state index >= 15 is 0 Å². The first-order chi connectivity index (χ1) is 11.4. The highest BCUT2D eigenvalue weighted by Gasteiger charge is 2.05. The van der Waals surface area contributed by atoms with Gasteiger partial charge in [0, 0.05) is 27.9 Å². The van der Waals surface area contributed by atoms with Crippen molar-refractivity contribution in [2.75, 3.05) is 5.32 Å². The molecule has 0 aliphatic rings. The van der Waals surface area contributed by atoms with Crippen molar-refractivity contribution in [1.82, 2.24) is 9.97 Å². The standard InChI is InChI=1S/C18H13N3OS/c1-2-4-17-16(3-1)21-18(22-17)20-13-5-7-14(8-6-13)23-15-9-11-19-12-10-15/h1-12H,(H,20,21). The number of benzene rings is 2. The third-order valence-electron chi connectivity index (χ3n) is 3.28. The molecule has 0 radical (unpaired) electrons. The highest BCUT2D eigenvalue weighted by molar-refractivity contribution is 7.99. The molecule has 1 N–H and O–H groups in total. The van der Waals surface area contributed by atoms with Gasteiger partial charge in [0.1, 0.15) is 5.52 Å². The lowest BCUT2D eigenvalue weighted by Crippen LogP contribution is -1.89. The second-order valence-electron chi connectivity index (χ2n) is 4.92. The second kappa shape index (κ2) is 6.14. The average Bonchev–Trinajstić information content (AvgIpc) is 3.00. The number of nitrogens with one attached hydrogen (secondary N) is 1. The largest absolute Gasteiger partial charge is 0.423 e. The average molecular weight is 319 g/mol. The van der Waals surface area contributed by atoms with E-state index in [0.717, 1.165) is 16.8 Å². The zero-order valence-corrected chi connectivity index (χ0v) is 13.0. The van der Waals surface area contributed by atoms with E-state index in [0.29, 0.717) is 6.01 Å². The number of fused-ring (bicyclic) bond motifs is 1. The van der Waals surface area contributed by atoms with Crippen molar-refractivity contribution in [3.05, 3.63) is 73.1 Å². The van der Waals surface area contributed by atoms with Crippen molar-refractivity contribution >= 4 is 34.6 Å². The summed E-state index contributed by atoms with van der Waals surface area (Å²) in [6.45, 7) is 0. The van der Waals surface area contributed by atoms with E-state index in [-0.39, 0.29) is 0 Å². The van der Waals surface area contributed by atoms with Crippen molar-refractivity contribution in [1.29, 1.82) is 0 Å². The molecule has 4 nitrogen and oxygen atoms in total. The van der Waals surface area contributed by atoms with Gasteiger partial charge in [-0.05, 0) is 48.5 Å². The SMILES string of the molecule is c1ccc2oc(Nc3ccc(Sc4ccncc4)cc3)nc2c1. The summed E-state index contributed by atoms with van der Waals surface area (Å²) in [6, 6.07) is 20.4. The Kier molecular flexibility index (Phi) is 3.70. The minimum atomic E-state index is 0.501. The van der Waals surface area contributed by atoms with Gasteiger partial charge < -0.3 is 9.73 Å². The van der Waals surface area contributed by atoms with E-state index in [1.165, 1.54) is 9.79 Å². The van der Waals surface area contributed by atoms with E-state index < -0.39 is 0 Å². The molecule has 4 rings (SSSR count). The number of pyridine rings is 1. The summed E-state index contributed by atoms with van der Waals surface area (Å²) in [4.78, 5) is 10.8. The van der Waals surface area contributed by atoms with Crippen molar-refractivity contribution in [3.8, 4) is 0 Å². The topological polar surface area (TPSA) is 51.0 Å². The number of hydrogen-bond donors (Lipinski definition) is 1. The van der Waals surface area contributed by atoms with Crippen molar-refractivity contribution in [3.63, 3.8) is 0 Å². The fourth-order valence-corrected chi connectivity index (χ4v) is 3.00. The molecule has 0 spiro atoms. The van der Waals surface area contributed by atoms with Crippen LogP contribution < -0.4 is 5.32 Å². The Bertz CT molecular complexity index is 887. The molecule has 2 aromatic carbocycles. The molecule has 0 aliphatic carbocycles. The number of aromatic nitrogens is 2. The Morgan fingerprint density at radius 1 is 0.826 bits per heavy atom. The van der Waals surface area contributed by atoms with E-state index in [4.69, 9.17) is 4.42 Å². The lowest BCUT2D eigenvalue weighted by Gasteiger charge is -2.04. The highest BCUT2D eigenvalue weighted by atomic mass is 32.2. The fourth-order valence-electron chi connectivity index (χ4n) is 2.20. The zero-order valence-electron chi connectivity index (χ0n) is 12.1. The molecular weight excluding hydrogens is 306 g/mol. The Morgan fingerprint density at radius 2 is 1.57 bits per heavy atom. The number of rotatable bonds is 4. The van der Waals surface area contributed by atoms with Gasteiger partial charge in [-0.2, -0.15) is 4.98 Å². The molecule has 0 unspecified atom stereocenters. The van der Waals surface area contributed by atoms with Crippen LogP contribution in [0.4, 0.5) is 11.7 Å². The van der Waals surface area contributed by atoms with Gasteiger partial charge in [0.25, 0.3) is 6.01 Å². The molecule has 0 bridgehead atoms. The molecule has 23 heavy (non-hydrogen) atoms. The van der Waals surface area contributed by atoms with Crippen LogP contribution in [0.25, 0.3) is 11.1 Å². The molecular formula is C18H13N3OS. The lowest BCUT2D eigenvalue weighted by molar-refractivity contribution is 0.623. The fraction of sp³-hybridized carbons (Fsp3) is 0. The molecule has 0 saturated carbocycles. The molecule has 2 heterocycles. The smallest absolute Gasteiger partial charge is 0.300 e. The molecule has 2 aromatic heterocycles. The first-order valence-corrected chi connectivity index (χ1v) is 7.99. The third kappa shape index (κ3) is 3.19. The predicted octanol–water partition coefficient (Wildman–Crippen LogP) is 5.12. The van der Waals surface area contributed by atoms with Crippen LogP contribution in [0.1, 0.15) is 0 Å². The van der Waals surface area contributed by atoms with Gasteiger partial charge in [0.05, 0.1) is 0 Å². The number of nitrogens with zero attached hydrogens (tertiary/aromatic N) is 2. The van der Waals surface area contributed by atoms with Gasteiger partial charge in [-0.1, -0.05) is 23.9 Å². The zero-order chi connectivity index (χ0) is 15.5. The van der Waals surface area contributed by atoms with Crippen molar-refractivity contribution in [2.24, 2.45) is 0 Å². The van der Waals surface area contributed by atoms with Crippen LogP contribution in [0.5, 0.6) is 0 Å². The molecule has 0 fully saturated rings. The monoisotopic (exact) mass is 319 g/mol. The Labute approximate surface area is 137 Å². The number of hydrogen-bond acceptors (Lipinski definition) is 5. The molecule has 112 valence electrons. The van der Waals surface area contributed by atoms with E-state index in [1.807, 2.05) is 48.5 Å². The van der Waals surface area contributed by atoms with Crippen molar-refractivity contribution < 1.29 is 4.42 Å².